The summed E-state index contributed by atoms with van der Waals surface area (Å²) >= 11 is 0. The Kier molecular flexibility index (Phi) is 8.86. The zero-order valence-electron chi connectivity index (χ0n) is 22.2. The number of aryl methyl sites for hydroxylation is 3. The second-order valence-electron chi connectivity index (χ2n) is 9.85. The summed E-state index contributed by atoms with van der Waals surface area (Å²) in [5, 5.41) is 12.6. The van der Waals surface area contributed by atoms with Crippen molar-refractivity contribution in [3.8, 4) is 17.0 Å². The molecule has 37 heavy (non-hydrogen) atoms. The zero-order chi connectivity index (χ0) is 27.3. The average molecular weight is 506 g/mol. The van der Waals surface area contributed by atoms with Crippen LogP contribution in [0.2, 0.25) is 0 Å². The molecule has 8 heteroatoms. The lowest BCUT2D eigenvalue weighted by Gasteiger charge is -2.25. The second kappa shape index (κ2) is 11.9. The maximum Gasteiger partial charge on any atom is 0.305 e. The Morgan fingerprint density at radius 3 is 2.35 bits per heavy atom. The predicted octanol–water partition coefficient (Wildman–Crippen LogP) is 4.76. The smallest absolute Gasteiger partial charge is 0.305 e. The van der Waals surface area contributed by atoms with Crippen LogP contribution in [0.5, 0.6) is 5.88 Å². The molecule has 1 aromatic carbocycles. The Labute approximate surface area is 217 Å². The molecule has 3 aromatic rings. The number of hydrogen-bond donors (Lipinski definition) is 2. The highest BCUT2D eigenvalue weighted by Crippen LogP contribution is 2.35. The Morgan fingerprint density at radius 2 is 1.78 bits per heavy atom. The van der Waals surface area contributed by atoms with E-state index in [0.29, 0.717) is 23.4 Å². The lowest BCUT2D eigenvalue weighted by molar-refractivity contribution is -0.138. The predicted molar refractivity (Wildman–Crippen MR) is 143 cm³/mol. The highest BCUT2D eigenvalue weighted by Gasteiger charge is 2.28. The van der Waals surface area contributed by atoms with Gasteiger partial charge >= 0.3 is 5.97 Å². The fourth-order valence-corrected chi connectivity index (χ4v) is 4.57. The number of pyridine rings is 2. The highest BCUT2D eigenvalue weighted by molar-refractivity contribution is 5.82. The van der Waals surface area contributed by atoms with Crippen LogP contribution in [0.4, 0.5) is 0 Å². The van der Waals surface area contributed by atoms with Crippen LogP contribution in [0.15, 0.2) is 53.6 Å². The SMILES string of the molecule is COc1ncc([C@@H](CC(=O)O)NC(=O)[C@@H](CC(C)C)n2ccc(C)cc2=O)cc1-c1c(C)cccc1C. The van der Waals surface area contributed by atoms with Crippen molar-refractivity contribution < 1.29 is 19.4 Å². The first-order chi connectivity index (χ1) is 17.5. The minimum absolute atomic E-state index is 0.125. The first kappa shape index (κ1) is 27.6. The molecule has 0 aliphatic rings. The number of carboxylic acids is 1. The van der Waals surface area contributed by atoms with Gasteiger partial charge in [0.2, 0.25) is 11.8 Å². The normalized spacial score (nSPS) is 12.7. The molecule has 0 unspecified atom stereocenters. The van der Waals surface area contributed by atoms with Crippen LogP contribution in [0, 0.1) is 26.7 Å². The van der Waals surface area contributed by atoms with Crippen molar-refractivity contribution in [2.75, 3.05) is 7.11 Å². The standard InChI is InChI=1S/C29H35N3O5/c1-17(2)12-24(32-11-10-18(3)13-25(32)33)28(36)31-23(15-26(34)35)21-14-22(29(37-6)30-16-21)27-19(4)8-7-9-20(27)5/h7-11,13-14,16-17,23-24H,12,15H2,1-6H3,(H,31,36)(H,34,35)/t23-,24-/m1/s1. The van der Waals surface area contributed by atoms with Crippen LogP contribution in [-0.4, -0.2) is 33.6 Å². The molecule has 0 radical (unpaired) electrons. The number of methoxy groups -OCH3 is 1. The number of aliphatic carboxylic acids is 1. The number of ether oxygens (including phenoxy) is 1. The fraction of sp³-hybridized carbons (Fsp3) is 0.379. The van der Waals surface area contributed by atoms with Gasteiger partial charge in [0.15, 0.2) is 0 Å². The van der Waals surface area contributed by atoms with Crippen molar-refractivity contribution in [2.45, 2.75) is 59.5 Å². The van der Waals surface area contributed by atoms with Crippen LogP contribution in [0.3, 0.4) is 0 Å². The van der Waals surface area contributed by atoms with E-state index in [9.17, 15) is 19.5 Å². The summed E-state index contributed by atoms with van der Waals surface area (Å²) < 4.78 is 6.93. The summed E-state index contributed by atoms with van der Waals surface area (Å²) in [4.78, 5) is 42.5. The molecule has 0 bridgehead atoms. The van der Waals surface area contributed by atoms with E-state index in [-0.39, 0.29) is 17.9 Å². The van der Waals surface area contributed by atoms with Gasteiger partial charge in [-0.25, -0.2) is 4.98 Å². The number of carbonyl (C=O) groups is 2. The molecule has 2 aromatic heterocycles. The third-order valence-corrected chi connectivity index (χ3v) is 6.35. The van der Waals surface area contributed by atoms with Crippen LogP contribution in [0.1, 0.15) is 61.0 Å². The minimum Gasteiger partial charge on any atom is -0.481 e. The number of carbonyl (C=O) groups excluding carboxylic acids is 1. The summed E-state index contributed by atoms with van der Waals surface area (Å²) in [7, 11) is 1.53. The van der Waals surface area contributed by atoms with Crippen LogP contribution < -0.4 is 15.6 Å². The summed E-state index contributed by atoms with van der Waals surface area (Å²) in [5.41, 5.74) is 4.76. The van der Waals surface area contributed by atoms with Gasteiger partial charge in [-0.3, -0.25) is 14.4 Å². The first-order valence-electron chi connectivity index (χ1n) is 12.3. The average Bonchev–Trinajstić information content (AvgIpc) is 2.82. The summed E-state index contributed by atoms with van der Waals surface area (Å²) in [6.45, 7) is 9.73. The van der Waals surface area contributed by atoms with E-state index in [1.165, 1.54) is 23.9 Å². The summed E-state index contributed by atoms with van der Waals surface area (Å²) in [6.07, 6.45) is 3.22. The summed E-state index contributed by atoms with van der Waals surface area (Å²) in [5.74, 6) is -0.955. The lowest BCUT2D eigenvalue weighted by atomic mass is 9.93. The molecule has 2 N–H and O–H groups in total. The Balaban J connectivity index is 2.05. The number of nitrogens with one attached hydrogen (secondary N) is 1. The zero-order valence-corrected chi connectivity index (χ0v) is 22.2. The van der Waals surface area contributed by atoms with Gasteiger partial charge in [0.05, 0.1) is 19.6 Å². The van der Waals surface area contributed by atoms with Gasteiger partial charge < -0.3 is 19.7 Å². The monoisotopic (exact) mass is 505 g/mol. The van der Waals surface area contributed by atoms with Crippen molar-refractivity contribution in [3.63, 3.8) is 0 Å². The maximum atomic E-state index is 13.6. The topological polar surface area (TPSA) is 111 Å². The quantitative estimate of drug-likeness (QED) is 0.411. The lowest BCUT2D eigenvalue weighted by Crippen LogP contribution is -2.40. The van der Waals surface area contributed by atoms with E-state index >= 15 is 0 Å². The third kappa shape index (κ3) is 6.64. The number of carboxylic acid groups (broad SMARTS) is 1. The fourth-order valence-electron chi connectivity index (χ4n) is 4.57. The number of nitrogens with zero attached hydrogens (tertiary/aromatic N) is 2. The Bertz CT molecular complexity index is 1330. The van der Waals surface area contributed by atoms with Gasteiger partial charge in [-0.2, -0.15) is 0 Å². The van der Waals surface area contributed by atoms with Crippen molar-refractivity contribution in [2.24, 2.45) is 5.92 Å². The van der Waals surface area contributed by atoms with E-state index < -0.39 is 24.0 Å². The molecule has 2 heterocycles. The van der Waals surface area contributed by atoms with Crippen molar-refractivity contribution in [1.29, 1.82) is 0 Å². The van der Waals surface area contributed by atoms with Crippen molar-refractivity contribution in [3.05, 3.63) is 81.4 Å². The Hall–Kier alpha value is -3.94. The largest absolute Gasteiger partial charge is 0.481 e. The van der Waals surface area contributed by atoms with E-state index in [1.807, 2.05) is 58.9 Å². The molecule has 196 valence electrons. The first-order valence-corrected chi connectivity index (χ1v) is 12.3. The van der Waals surface area contributed by atoms with Gasteiger partial charge in [-0.15, -0.1) is 0 Å². The van der Waals surface area contributed by atoms with E-state index in [2.05, 4.69) is 10.3 Å². The van der Waals surface area contributed by atoms with Crippen LogP contribution in [-0.2, 0) is 9.59 Å². The van der Waals surface area contributed by atoms with Crippen molar-refractivity contribution in [1.82, 2.24) is 14.9 Å². The number of amides is 1. The van der Waals surface area contributed by atoms with Gasteiger partial charge in [0, 0.05) is 24.0 Å². The molecular weight excluding hydrogens is 470 g/mol. The molecule has 0 aliphatic carbocycles. The van der Waals surface area contributed by atoms with Gasteiger partial charge in [-0.1, -0.05) is 32.0 Å². The molecule has 0 saturated heterocycles. The molecular formula is C29H35N3O5. The highest BCUT2D eigenvalue weighted by atomic mass is 16.5. The van der Waals surface area contributed by atoms with E-state index in [1.54, 1.807) is 12.3 Å². The molecule has 0 fully saturated rings. The Morgan fingerprint density at radius 1 is 1.11 bits per heavy atom. The van der Waals surface area contributed by atoms with Gasteiger partial charge in [-0.05, 0) is 73.1 Å². The van der Waals surface area contributed by atoms with Crippen molar-refractivity contribution >= 4 is 11.9 Å². The van der Waals surface area contributed by atoms with Gasteiger partial charge in [0.1, 0.15) is 6.04 Å². The number of aromatic nitrogens is 2. The molecule has 0 spiro atoms. The molecule has 2 atom stereocenters. The summed E-state index contributed by atoms with van der Waals surface area (Å²) in [6, 6.07) is 9.38. The number of rotatable bonds is 10. The molecule has 1 amide bonds. The minimum atomic E-state index is -1.07. The van der Waals surface area contributed by atoms with Gasteiger partial charge in [0.25, 0.3) is 5.56 Å². The van der Waals surface area contributed by atoms with Crippen LogP contribution >= 0.6 is 0 Å². The molecule has 0 aliphatic heterocycles. The third-order valence-electron chi connectivity index (χ3n) is 6.35. The van der Waals surface area contributed by atoms with E-state index in [0.717, 1.165) is 22.3 Å². The van der Waals surface area contributed by atoms with E-state index in [4.69, 9.17) is 4.74 Å². The number of hydrogen-bond acceptors (Lipinski definition) is 5. The molecule has 3 rings (SSSR count). The molecule has 0 saturated carbocycles. The maximum absolute atomic E-state index is 13.6. The second-order valence-corrected chi connectivity index (χ2v) is 9.85. The molecule has 8 nitrogen and oxygen atoms in total. The number of benzene rings is 1. The van der Waals surface area contributed by atoms with Crippen LogP contribution in [0.25, 0.3) is 11.1 Å².